The third kappa shape index (κ3) is 3.32. The SMILES string of the molecule is N#CCn1cc(-c2ccc(N3C[C@H](Cn4ccnn4)OC3=O)cc2F)nn1. The average Bonchev–Trinajstić information content (AvgIpc) is 3.38. The quantitative estimate of drug-likeness (QED) is 0.665. The maximum atomic E-state index is 14.6. The van der Waals surface area contributed by atoms with Crippen LogP contribution in [0.3, 0.4) is 0 Å². The van der Waals surface area contributed by atoms with Crippen molar-refractivity contribution in [1.82, 2.24) is 30.0 Å². The number of anilines is 1. The summed E-state index contributed by atoms with van der Waals surface area (Å²) in [5.74, 6) is -0.552. The first-order chi connectivity index (χ1) is 13.1. The van der Waals surface area contributed by atoms with Crippen LogP contribution in [0.25, 0.3) is 11.3 Å². The Labute approximate surface area is 152 Å². The Hall–Kier alpha value is -3.81. The average molecular weight is 368 g/mol. The molecule has 11 heteroatoms. The molecule has 1 aromatic carbocycles. The van der Waals surface area contributed by atoms with Gasteiger partial charge in [-0.3, -0.25) is 4.90 Å². The van der Waals surface area contributed by atoms with Crippen molar-refractivity contribution in [2.45, 2.75) is 19.2 Å². The minimum absolute atomic E-state index is 0.0273. The van der Waals surface area contributed by atoms with Gasteiger partial charge >= 0.3 is 6.09 Å². The highest BCUT2D eigenvalue weighted by atomic mass is 19.1. The normalized spacial score (nSPS) is 16.4. The number of nitrogens with zero attached hydrogens (tertiary/aromatic N) is 8. The lowest BCUT2D eigenvalue weighted by atomic mass is 10.1. The van der Waals surface area contributed by atoms with Gasteiger partial charge in [-0.1, -0.05) is 10.4 Å². The summed E-state index contributed by atoms with van der Waals surface area (Å²) in [6.07, 6.45) is 3.74. The van der Waals surface area contributed by atoms with E-state index >= 15 is 0 Å². The molecule has 1 aliphatic rings. The third-order valence-corrected chi connectivity index (χ3v) is 4.05. The van der Waals surface area contributed by atoms with Crippen LogP contribution in [0.15, 0.2) is 36.8 Å². The number of carbonyl (C=O) groups excluding carboxylic acids is 1. The van der Waals surface area contributed by atoms with Crippen molar-refractivity contribution >= 4 is 11.8 Å². The fourth-order valence-corrected chi connectivity index (χ4v) is 2.82. The highest BCUT2D eigenvalue weighted by Crippen LogP contribution is 2.28. The van der Waals surface area contributed by atoms with Crippen LogP contribution in [0, 0.1) is 17.1 Å². The number of amides is 1. The molecule has 10 nitrogen and oxygen atoms in total. The molecule has 0 radical (unpaired) electrons. The van der Waals surface area contributed by atoms with E-state index in [0.717, 1.165) is 0 Å². The number of halogens is 1. The summed E-state index contributed by atoms with van der Waals surface area (Å²) >= 11 is 0. The van der Waals surface area contributed by atoms with Gasteiger partial charge in [0.25, 0.3) is 0 Å². The Balaban J connectivity index is 1.51. The first-order valence-electron chi connectivity index (χ1n) is 8.03. The molecule has 3 heterocycles. The highest BCUT2D eigenvalue weighted by Gasteiger charge is 2.33. The van der Waals surface area contributed by atoms with E-state index in [1.807, 2.05) is 6.07 Å². The maximum Gasteiger partial charge on any atom is 0.414 e. The van der Waals surface area contributed by atoms with Gasteiger partial charge in [-0.05, 0) is 18.2 Å². The number of rotatable bonds is 5. The second-order valence-electron chi connectivity index (χ2n) is 5.87. The second kappa shape index (κ2) is 6.83. The lowest BCUT2D eigenvalue weighted by Gasteiger charge is -2.14. The predicted octanol–water partition coefficient (Wildman–Crippen LogP) is 1.22. The number of nitriles is 1. The van der Waals surface area contributed by atoms with E-state index in [2.05, 4.69) is 20.6 Å². The Morgan fingerprint density at radius 3 is 2.96 bits per heavy atom. The van der Waals surface area contributed by atoms with Crippen LogP contribution >= 0.6 is 0 Å². The molecule has 3 aromatic rings. The number of carbonyl (C=O) groups is 1. The number of aromatic nitrogens is 6. The Morgan fingerprint density at radius 1 is 1.33 bits per heavy atom. The first kappa shape index (κ1) is 16.6. The fourth-order valence-electron chi connectivity index (χ4n) is 2.82. The summed E-state index contributed by atoms with van der Waals surface area (Å²) in [6, 6.07) is 6.31. The van der Waals surface area contributed by atoms with E-state index in [1.54, 1.807) is 16.9 Å². The zero-order chi connectivity index (χ0) is 18.8. The van der Waals surface area contributed by atoms with Gasteiger partial charge < -0.3 is 4.74 Å². The number of hydrogen-bond donors (Lipinski definition) is 0. The third-order valence-electron chi connectivity index (χ3n) is 4.05. The molecule has 0 aliphatic carbocycles. The first-order valence-corrected chi connectivity index (χ1v) is 8.03. The summed E-state index contributed by atoms with van der Waals surface area (Å²) in [5, 5.41) is 23.8. The molecule has 0 spiro atoms. The van der Waals surface area contributed by atoms with Gasteiger partial charge in [0.15, 0.2) is 0 Å². The van der Waals surface area contributed by atoms with Crippen LogP contribution in [0.4, 0.5) is 14.9 Å². The van der Waals surface area contributed by atoms with Crippen molar-refractivity contribution < 1.29 is 13.9 Å². The molecule has 0 saturated carbocycles. The molecular weight excluding hydrogens is 355 g/mol. The van der Waals surface area contributed by atoms with Gasteiger partial charge in [0, 0.05) is 11.8 Å². The minimum atomic E-state index is -0.552. The predicted molar refractivity (Wildman–Crippen MR) is 88.7 cm³/mol. The van der Waals surface area contributed by atoms with Crippen LogP contribution < -0.4 is 4.90 Å². The Bertz CT molecular complexity index is 1010. The smallest absolute Gasteiger partial charge is 0.414 e. The monoisotopic (exact) mass is 368 g/mol. The van der Waals surface area contributed by atoms with E-state index in [9.17, 15) is 9.18 Å². The molecule has 2 aromatic heterocycles. The molecule has 0 bridgehead atoms. The van der Waals surface area contributed by atoms with Crippen LogP contribution in [0.2, 0.25) is 0 Å². The number of cyclic esters (lactones) is 1. The molecule has 1 aliphatic heterocycles. The molecule has 0 unspecified atom stereocenters. The van der Waals surface area contributed by atoms with Crippen molar-refractivity contribution in [1.29, 1.82) is 5.26 Å². The van der Waals surface area contributed by atoms with Gasteiger partial charge in [-0.2, -0.15) is 5.26 Å². The van der Waals surface area contributed by atoms with Crippen LogP contribution in [0.5, 0.6) is 0 Å². The Kier molecular flexibility index (Phi) is 4.21. The summed E-state index contributed by atoms with van der Waals surface area (Å²) in [4.78, 5) is 13.5. The molecule has 0 N–H and O–H groups in total. The molecule has 1 fully saturated rings. The molecule has 4 rings (SSSR count). The lowest BCUT2D eigenvalue weighted by molar-refractivity contribution is 0.129. The van der Waals surface area contributed by atoms with Gasteiger partial charge in [0.1, 0.15) is 24.2 Å². The fraction of sp³-hybridized carbons (Fsp3) is 0.250. The van der Waals surface area contributed by atoms with Crippen LogP contribution in [-0.4, -0.2) is 48.7 Å². The molecular formula is C16H13FN8O2. The van der Waals surface area contributed by atoms with Crippen molar-refractivity contribution in [3.8, 4) is 17.3 Å². The maximum absolute atomic E-state index is 14.6. The van der Waals surface area contributed by atoms with Crippen molar-refractivity contribution in [3.63, 3.8) is 0 Å². The standard InChI is InChI=1S/C16H13FN8O2/c17-14-7-11(1-2-13(14)15-10-23(5-3-18)22-20-15)25-9-12(27-16(25)26)8-24-6-4-19-21-24/h1-2,4,6-7,10,12H,5,8-9H2/t12-/m0/s1. The van der Waals surface area contributed by atoms with E-state index < -0.39 is 18.0 Å². The molecule has 1 amide bonds. The van der Waals surface area contributed by atoms with Gasteiger partial charge in [-0.25, -0.2) is 18.5 Å². The van der Waals surface area contributed by atoms with E-state index in [4.69, 9.17) is 10.00 Å². The van der Waals surface area contributed by atoms with Gasteiger partial charge in [0.05, 0.1) is 37.2 Å². The summed E-state index contributed by atoms with van der Waals surface area (Å²) in [7, 11) is 0. The topological polar surface area (TPSA) is 115 Å². The van der Waals surface area contributed by atoms with E-state index in [-0.39, 0.29) is 18.7 Å². The zero-order valence-corrected chi connectivity index (χ0v) is 13.9. The van der Waals surface area contributed by atoms with Crippen molar-refractivity contribution in [2.24, 2.45) is 0 Å². The molecule has 1 saturated heterocycles. The minimum Gasteiger partial charge on any atom is -0.442 e. The number of ether oxygens (including phenoxy) is 1. The lowest BCUT2D eigenvalue weighted by Crippen LogP contribution is -2.26. The van der Waals surface area contributed by atoms with E-state index in [1.165, 1.54) is 34.1 Å². The number of hydrogen-bond acceptors (Lipinski definition) is 7. The van der Waals surface area contributed by atoms with E-state index in [0.29, 0.717) is 17.9 Å². The van der Waals surface area contributed by atoms with Crippen LogP contribution in [-0.2, 0) is 17.8 Å². The highest BCUT2D eigenvalue weighted by molar-refractivity contribution is 5.90. The van der Waals surface area contributed by atoms with Crippen molar-refractivity contribution in [3.05, 3.63) is 42.6 Å². The van der Waals surface area contributed by atoms with Gasteiger partial charge in [-0.15, -0.1) is 10.2 Å². The van der Waals surface area contributed by atoms with Crippen molar-refractivity contribution in [2.75, 3.05) is 11.4 Å². The summed E-state index contributed by atoms with van der Waals surface area (Å²) in [6.45, 7) is 0.667. The zero-order valence-electron chi connectivity index (χ0n) is 13.9. The second-order valence-corrected chi connectivity index (χ2v) is 5.87. The summed E-state index contributed by atoms with van der Waals surface area (Å²) < 4.78 is 22.8. The molecule has 1 atom stereocenters. The summed E-state index contributed by atoms with van der Waals surface area (Å²) in [5.41, 5.74) is 0.920. The largest absolute Gasteiger partial charge is 0.442 e. The Morgan fingerprint density at radius 2 is 2.22 bits per heavy atom. The molecule has 27 heavy (non-hydrogen) atoms. The number of benzene rings is 1. The molecule has 136 valence electrons. The van der Waals surface area contributed by atoms with Crippen LogP contribution in [0.1, 0.15) is 0 Å². The van der Waals surface area contributed by atoms with Gasteiger partial charge in [0.2, 0.25) is 0 Å².